The maximum absolute atomic E-state index is 12.3. The van der Waals surface area contributed by atoms with Crippen LogP contribution < -0.4 is 0 Å². The van der Waals surface area contributed by atoms with Crippen LogP contribution in [0.2, 0.25) is 0 Å². The van der Waals surface area contributed by atoms with E-state index in [1.807, 2.05) is 4.90 Å². The number of unbranched alkanes of at least 4 members (excludes halogenated alkanes) is 1. The number of allylic oxidation sites excluding steroid dienone is 2. The molecule has 1 rings (SSSR count). The molecule has 0 heterocycles. The molecule has 1 aliphatic carbocycles. The Balaban J connectivity index is 2.91. The second kappa shape index (κ2) is 10.2. The Kier molecular flexibility index (Phi) is 9.02. The van der Waals surface area contributed by atoms with Gasteiger partial charge in [0.15, 0.2) is 0 Å². The topological polar surface area (TPSA) is 29.5 Å². The molecule has 0 N–H and O–H groups in total. The first-order chi connectivity index (χ1) is 10.2. The van der Waals surface area contributed by atoms with Crippen LogP contribution in [0.1, 0.15) is 65.7 Å². The van der Waals surface area contributed by atoms with Gasteiger partial charge in [-0.1, -0.05) is 32.8 Å². The Hall–Kier alpha value is -0.540. The molecule has 0 aromatic rings. The molecule has 0 aromatic carbocycles. The molecule has 0 aliphatic heterocycles. The van der Waals surface area contributed by atoms with Crippen molar-refractivity contribution in [3.63, 3.8) is 0 Å². The van der Waals surface area contributed by atoms with Crippen molar-refractivity contribution in [2.75, 3.05) is 19.2 Å². The molecule has 0 saturated heterocycles. The van der Waals surface area contributed by atoms with Crippen molar-refractivity contribution >= 4 is 17.5 Å². The van der Waals surface area contributed by atoms with Gasteiger partial charge in [-0.15, -0.1) is 11.6 Å². The van der Waals surface area contributed by atoms with Gasteiger partial charge in [0, 0.05) is 12.3 Å². The molecular weight excluding hydrogens is 286 g/mol. The van der Waals surface area contributed by atoms with Gasteiger partial charge < -0.3 is 4.74 Å². The normalized spacial score (nSPS) is 19.0. The fourth-order valence-electron chi connectivity index (χ4n) is 3.03. The molecule has 21 heavy (non-hydrogen) atoms. The molecule has 0 radical (unpaired) electrons. The predicted octanol–water partition coefficient (Wildman–Crippen LogP) is 4.70. The highest BCUT2D eigenvalue weighted by Crippen LogP contribution is 2.36. The van der Waals surface area contributed by atoms with Crippen molar-refractivity contribution in [1.29, 1.82) is 0 Å². The van der Waals surface area contributed by atoms with Crippen molar-refractivity contribution in [1.82, 2.24) is 4.90 Å². The van der Waals surface area contributed by atoms with E-state index < -0.39 is 0 Å². The largest absolute Gasteiger partial charge is 0.361 e. The first-order valence-electron chi connectivity index (χ1n) is 8.35. The number of halogens is 1. The zero-order valence-electron chi connectivity index (χ0n) is 13.8. The molecule has 0 spiro atoms. The number of amides is 1. The van der Waals surface area contributed by atoms with E-state index in [1.54, 1.807) is 0 Å². The lowest BCUT2D eigenvalue weighted by Crippen LogP contribution is -2.38. The van der Waals surface area contributed by atoms with Gasteiger partial charge >= 0.3 is 0 Å². The summed E-state index contributed by atoms with van der Waals surface area (Å²) >= 11 is 5.82. The third-order valence-electron chi connectivity index (χ3n) is 4.27. The maximum Gasteiger partial charge on any atom is 0.243 e. The van der Waals surface area contributed by atoms with Crippen LogP contribution >= 0.6 is 11.6 Å². The van der Waals surface area contributed by atoms with Crippen molar-refractivity contribution in [3.8, 4) is 0 Å². The highest BCUT2D eigenvalue weighted by atomic mass is 35.5. The summed E-state index contributed by atoms with van der Waals surface area (Å²) in [6.07, 6.45) is 7.70. The third kappa shape index (κ3) is 5.30. The minimum Gasteiger partial charge on any atom is -0.361 e. The Morgan fingerprint density at radius 3 is 2.71 bits per heavy atom. The summed E-state index contributed by atoms with van der Waals surface area (Å²) in [5, 5.41) is 0. The van der Waals surface area contributed by atoms with Crippen molar-refractivity contribution in [2.45, 2.75) is 65.7 Å². The quantitative estimate of drug-likeness (QED) is 0.350. The van der Waals surface area contributed by atoms with E-state index in [-0.39, 0.29) is 11.8 Å². The minimum atomic E-state index is -0.0329. The molecular formula is C17H30ClNO2. The van der Waals surface area contributed by atoms with Crippen LogP contribution in [0.3, 0.4) is 0 Å². The standard InChI is InChI=1S/C17H30ClNO2/c1-4-7-11-21-13-19(16(20)12-18)17-14(5-2)9-8-10-15(17)6-3/h14H,4-13H2,1-3H3. The highest BCUT2D eigenvalue weighted by Gasteiger charge is 2.28. The summed E-state index contributed by atoms with van der Waals surface area (Å²) in [6.45, 7) is 7.56. The molecule has 0 bridgehead atoms. The van der Waals surface area contributed by atoms with Gasteiger partial charge in [0.2, 0.25) is 5.91 Å². The lowest BCUT2D eigenvalue weighted by Gasteiger charge is -2.35. The number of hydrogen-bond donors (Lipinski definition) is 0. The van der Waals surface area contributed by atoms with Crippen LogP contribution in [-0.2, 0) is 9.53 Å². The second-order valence-corrected chi connectivity index (χ2v) is 5.95. The zero-order chi connectivity index (χ0) is 15.7. The molecule has 0 fully saturated rings. The van der Waals surface area contributed by atoms with Crippen LogP contribution in [0.25, 0.3) is 0 Å². The van der Waals surface area contributed by atoms with Gasteiger partial charge in [0.1, 0.15) is 12.6 Å². The van der Waals surface area contributed by atoms with Crippen molar-refractivity contribution in [3.05, 3.63) is 11.3 Å². The average Bonchev–Trinajstić information content (AvgIpc) is 2.53. The number of ether oxygens (including phenoxy) is 1. The van der Waals surface area contributed by atoms with Gasteiger partial charge in [-0.25, -0.2) is 0 Å². The monoisotopic (exact) mass is 315 g/mol. The molecule has 1 unspecified atom stereocenters. The van der Waals surface area contributed by atoms with Gasteiger partial charge in [-0.2, -0.15) is 0 Å². The van der Waals surface area contributed by atoms with E-state index >= 15 is 0 Å². The van der Waals surface area contributed by atoms with Gasteiger partial charge in [0.05, 0.1) is 0 Å². The number of hydrogen-bond acceptors (Lipinski definition) is 2. The third-order valence-corrected chi connectivity index (χ3v) is 4.50. The van der Waals surface area contributed by atoms with E-state index in [0.717, 1.165) is 38.5 Å². The Morgan fingerprint density at radius 2 is 2.14 bits per heavy atom. The number of carbonyl (C=O) groups excluding carboxylic acids is 1. The van der Waals surface area contributed by atoms with Crippen LogP contribution in [0.15, 0.2) is 11.3 Å². The summed E-state index contributed by atoms with van der Waals surface area (Å²) in [6, 6.07) is 0. The Bertz CT molecular complexity index is 355. The number of carbonyl (C=O) groups is 1. The zero-order valence-corrected chi connectivity index (χ0v) is 14.5. The van der Waals surface area contributed by atoms with E-state index in [1.165, 1.54) is 17.7 Å². The van der Waals surface area contributed by atoms with Crippen LogP contribution in [0, 0.1) is 5.92 Å². The van der Waals surface area contributed by atoms with Crippen LogP contribution in [0.5, 0.6) is 0 Å². The molecule has 3 nitrogen and oxygen atoms in total. The highest BCUT2D eigenvalue weighted by molar-refractivity contribution is 6.27. The lowest BCUT2D eigenvalue weighted by atomic mass is 9.83. The summed E-state index contributed by atoms with van der Waals surface area (Å²) in [4.78, 5) is 14.1. The van der Waals surface area contributed by atoms with E-state index in [0.29, 0.717) is 19.3 Å². The van der Waals surface area contributed by atoms with Crippen molar-refractivity contribution < 1.29 is 9.53 Å². The average molecular weight is 316 g/mol. The molecule has 1 amide bonds. The maximum atomic E-state index is 12.3. The molecule has 0 saturated carbocycles. The summed E-state index contributed by atoms with van der Waals surface area (Å²) in [5.74, 6) is 0.457. The Labute approximate surface area is 134 Å². The molecule has 1 aliphatic rings. The van der Waals surface area contributed by atoms with E-state index in [9.17, 15) is 4.79 Å². The van der Waals surface area contributed by atoms with Crippen LogP contribution in [0.4, 0.5) is 0 Å². The lowest BCUT2D eigenvalue weighted by molar-refractivity contribution is -0.132. The number of nitrogens with zero attached hydrogens (tertiary/aromatic N) is 1. The minimum absolute atomic E-state index is 0.0219. The second-order valence-electron chi connectivity index (χ2n) is 5.69. The number of alkyl halides is 1. The smallest absolute Gasteiger partial charge is 0.243 e. The molecule has 4 heteroatoms. The summed E-state index contributed by atoms with van der Waals surface area (Å²) < 4.78 is 5.71. The molecule has 122 valence electrons. The fourth-order valence-corrected chi connectivity index (χ4v) is 3.18. The molecule has 1 atom stereocenters. The number of rotatable bonds is 9. The van der Waals surface area contributed by atoms with E-state index in [4.69, 9.17) is 16.3 Å². The summed E-state index contributed by atoms with van der Waals surface area (Å²) in [7, 11) is 0. The van der Waals surface area contributed by atoms with E-state index in [2.05, 4.69) is 20.8 Å². The van der Waals surface area contributed by atoms with Gasteiger partial charge in [-0.05, 0) is 44.4 Å². The van der Waals surface area contributed by atoms with Crippen LogP contribution in [-0.4, -0.2) is 30.0 Å². The summed E-state index contributed by atoms with van der Waals surface area (Å²) in [5.41, 5.74) is 2.61. The first-order valence-corrected chi connectivity index (χ1v) is 8.88. The van der Waals surface area contributed by atoms with Crippen molar-refractivity contribution in [2.24, 2.45) is 5.92 Å². The SMILES string of the molecule is CCCCOCN(C(=O)CCl)C1=C(CC)CCCC1CC. The van der Waals surface area contributed by atoms with Gasteiger partial charge in [-0.3, -0.25) is 9.69 Å². The molecule has 0 aromatic heterocycles. The fraction of sp³-hybridized carbons (Fsp3) is 0.824. The van der Waals surface area contributed by atoms with Gasteiger partial charge in [0.25, 0.3) is 0 Å². The predicted molar refractivity (Wildman–Crippen MR) is 88.2 cm³/mol. The Morgan fingerprint density at radius 1 is 1.38 bits per heavy atom. The first kappa shape index (κ1) is 18.5.